The van der Waals surface area contributed by atoms with E-state index < -0.39 is 11.4 Å². The van der Waals surface area contributed by atoms with E-state index >= 15 is 0 Å². The Morgan fingerprint density at radius 2 is 1.92 bits per heavy atom. The predicted octanol–water partition coefficient (Wildman–Crippen LogP) is 4.11. The molecule has 0 radical (unpaired) electrons. The van der Waals surface area contributed by atoms with Gasteiger partial charge >= 0.3 is 5.97 Å². The highest BCUT2D eigenvalue weighted by Crippen LogP contribution is 2.26. The van der Waals surface area contributed by atoms with Gasteiger partial charge in [-0.25, -0.2) is 9.78 Å². The normalized spacial score (nSPS) is 12.4. The summed E-state index contributed by atoms with van der Waals surface area (Å²) in [5, 5.41) is 3.52. The Hall–Kier alpha value is -4.20. The maximum atomic E-state index is 13.2. The Balaban J connectivity index is 1.50. The van der Waals surface area contributed by atoms with Gasteiger partial charge in [0, 0.05) is 24.6 Å². The van der Waals surface area contributed by atoms with Crippen LogP contribution in [0.5, 0.6) is 5.75 Å². The van der Waals surface area contributed by atoms with E-state index in [4.69, 9.17) is 9.47 Å². The van der Waals surface area contributed by atoms with Crippen molar-refractivity contribution in [1.82, 2.24) is 14.5 Å². The molecule has 1 N–H and O–H groups in total. The second-order valence-electron chi connectivity index (χ2n) is 8.72. The number of aryl methyl sites for hydroxylation is 2. The zero-order valence-corrected chi connectivity index (χ0v) is 20.4. The van der Waals surface area contributed by atoms with Crippen LogP contribution >= 0.6 is 0 Å². The van der Waals surface area contributed by atoms with E-state index in [1.807, 2.05) is 30.3 Å². The molecule has 8 nitrogen and oxygen atoms in total. The molecule has 0 fully saturated rings. The molecule has 2 aromatic carbocycles. The lowest BCUT2D eigenvalue weighted by molar-refractivity contribution is 0.0524. The van der Waals surface area contributed by atoms with Gasteiger partial charge in [0.15, 0.2) is 5.65 Å². The molecule has 184 valence electrons. The standard InChI is InChI=1S/C28H28N4O4/c1-3-36-27(34)24-17-32(21-10-9-19-5-4-6-20(19)15-21)26-23(25(24)33)16-30-28(31-26)29-14-13-18-7-11-22(35-2)12-8-18/h7-12,15-17H,3-6,13-14H2,1-2H3,(H,29,30,31). The van der Waals surface area contributed by atoms with Gasteiger partial charge < -0.3 is 19.4 Å². The molecule has 1 aliphatic rings. The number of esters is 1. The van der Waals surface area contributed by atoms with E-state index in [0.717, 1.165) is 42.7 Å². The molecule has 0 aliphatic heterocycles. The second kappa shape index (κ2) is 10.2. The van der Waals surface area contributed by atoms with Crippen molar-refractivity contribution in [3.63, 3.8) is 0 Å². The van der Waals surface area contributed by atoms with E-state index in [-0.39, 0.29) is 17.6 Å². The van der Waals surface area contributed by atoms with E-state index in [2.05, 4.69) is 27.4 Å². The van der Waals surface area contributed by atoms with Crippen molar-refractivity contribution in [2.24, 2.45) is 0 Å². The van der Waals surface area contributed by atoms with Crippen molar-refractivity contribution in [3.05, 3.63) is 87.3 Å². The van der Waals surface area contributed by atoms with E-state index in [9.17, 15) is 9.59 Å². The lowest BCUT2D eigenvalue weighted by Gasteiger charge is -2.15. The predicted molar refractivity (Wildman–Crippen MR) is 138 cm³/mol. The molecular weight excluding hydrogens is 456 g/mol. The number of fused-ring (bicyclic) bond motifs is 2. The first-order chi connectivity index (χ1) is 17.6. The molecule has 5 rings (SSSR count). The van der Waals surface area contributed by atoms with Crippen LogP contribution in [-0.4, -0.2) is 40.8 Å². The summed E-state index contributed by atoms with van der Waals surface area (Å²) >= 11 is 0. The molecule has 0 bridgehead atoms. The molecule has 0 unspecified atom stereocenters. The number of nitrogens with zero attached hydrogens (tertiary/aromatic N) is 3. The number of benzene rings is 2. The number of carbonyl (C=O) groups is 1. The van der Waals surface area contributed by atoms with Crippen LogP contribution in [0.25, 0.3) is 16.7 Å². The summed E-state index contributed by atoms with van der Waals surface area (Å²) in [4.78, 5) is 34.8. The Kier molecular flexibility index (Phi) is 6.66. The van der Waals surface area contributed by atoms with Crippen LogP contribution < -0.4 is 15.5 Å². The smallest absolute Gasteiger partial charge is 0.343 e. The Morgan fingerprint density at radius 1 is 1.11 bits per heavy atom. The van der Waals surface area contributed by atoms with E-state index in [1.54, 1.807) is 18.6 Å². The molecular formula is C28H28N4O4. The number of aromatic nitrogens is 3. The Labute approximate surface area is 208 Å². The van der Waals surface area contributed by atoms with Gasteiger partial charge in [0.1, 0.15) is 11.3 Å². The zero-order chi connectivity index (χ0) is 25.1. The van der Waals surface area contributed by atoms with E-state index in [0.29, 0.717) is 18.1 Å². The number of nitrogens with one attached hydrogen (secondary N) is 1. The van der Waals surface area contributed by atoms with Crippen LogP contribution in [0.4, 0.5) is 5.95 Å². The average Bonchev–Trinajstić information content (AvgIpc) is 3.37. The summed E-state index contributed by atoms with van der Waals surface area (Å²) in [6.45, 7) is 2.51. The maximum Gasteiger partial charge on any atom is 0.343 e. The molecule has 36 heavy (non-hydrogen) atoms. The molecule has 4 aromatic rings. The third-order valence-electron chi connectivity index (χ3n) is 6.46. The van der Waals surface area contributed by atoms with Crippen molar-refractivity contribution in [1.29, 1.82) is 0 Å². The summed E-state index contributed by atoms with van der Waals surface area (Å²) in [7, 11) is 1.64. The first kappa shape index (κ1) is 23.5. The summed E-state index contributed by atoms with van der Waals surface area (Å²) in [5.41, 5.74) is 4.58. The fraction of sp³-hybridized carbons (Fsp3) is 0.286. The minimum absolute atomic E-state index is 0.0336. The van der Waals surface area contributed by atoms with Gasteiger partial charge in [-0.15, -0.1) is 0 Å². The van der Waals surface area contributed by atoms with Crippen LogP contribution in [0, 0.1) is 0 Å². The monoisotopic (exact) mass is 484 g/mol. The Bertz CT molecular complexity index is 1480. The van der Waals surface area contributed by atoms with Gasteiger partial charge in [0.05, 0.1) is 19.1 Å². The molecule has 0 saturated heterocycles. The molecule has 8 heteroatoms. The lowest BCUT2D eigenvalue weighted by atomic mass is 10.1. The lowest BCUT2D eigenvalue weighted by Crippen LogP contribution is -2.22. The highest BCUT2D eigenvalue weighted by Gasteiger charge is 2.20. The number of rotatable bonds is 8. The zero-order valence-electron chi connectivity index (χ0n) is 20.4. The summed E-state index contributed by atoms with van der Waals surface area (Å²) in [6.07, 6.45) is 6.99. The van der Waals surface area contributed by atoms with Gasteiger partial charge in [-0.05, 0) is 73.6 Å². The van der Waals surface area contributed by atoms with Crippen LogP contribution in [0.1, 0.15) is 40.4 Å². The van der Waals surface area contributed by atoms with Crippen molar-refractivity contribution in [2.45, 2.75) is 32.6 Å². The number of methoxy groups -OCH3 is 1. The van der Waals surface area contributed by atoms with Crippen LogP contribution in [-0.2, 0) is 24.0 Å². The highest BCUT2D eigenvalue weighted by atomic mass is 16.5. The maximum absolute atomic E-state index is 13.2. The highest BCUT2D eigenvalue weighted by molar-refractivity contribution is 5.93. The third-order valence-corrected chi connectivity index (χ3v) is 6.46. The number of pyridine rings is 1. The SMILES string of the molecule is CCOC(=O)c1cn(-c2ccc3c(c2)CCC3)c2nc(NCCc3ccc(OC)cc3)ncc2c1=O. The number of anilines is 1. The van der Waals surface area contributed by atoms with Gasteiger partial charge in [-0.3, -0.25) is 4.79 Å². The molecule has 0 amide bonds. The van der Waals surface area contributed by atoms with Gasteiger partial charge in [0.2, 0.25) is 11.4 Å². The summed E-state index contributed by atoms with van der Waals surface area (Å²) < 4.78 is 12.1. The van der Waals surface area contributed by atoms with Gasteiger partial charge in [-0.2, -0.15) is 4.98 Å². The molecule has 0 atom stereocenters. The first-order valence-corrected chi connectivity index (χ1v) is 12.2. The number of hydrogen-bond donors (Lipinski definition) is 1. The fourth-order valence-corrected chi connectivity index (χ4v) is 4.57. The summed E-state index contributed by atoms with van der Waals surface area (Å²) in [5.74, 6) is 0.575. The average molecular weight is 485 g/mol. The molecule has 1 aliphatic carbocycles. The quantitative estimate of drug-likeness (QED) is 0.376. The molecule has 2 heterocycles. The molecule has 0 saturated carbocycles. The van der Waals surface area contributed by atoms with Crippen LogP contribution in [0.15, 0.2) is 59.7 Å². The second-order valence-corrected chi connectivity index (χ2v) is 8.72. The topological polar surface area (TPSA) is 95.3 Å². The van der Waals surface area contributed by atoms with Gasteiger partial charge in [-0.1, -0.05) is 18.2 Å². The Morgan fingerprint density at radius 3 is 2.69 bits per heavy atom. The minimum atomic E-state index is -0.652. The molecule has 0 spiro atoms. The third kappa shape index (κ3) is 4.66. The van der Waals surface area contributed by atoms with Crippen molar-refractivity contribution >= 4 is 23.0 Å². The van der Waals surface area contributed by atoms with Crippen molar-refractivity contribution in [2.75, 3.05) is 25.6 Å². The van der Waals surface area contributed by atoms with E-state index in [1.165, 1.54) is 23.5 Å². The first-order valence-electron chi connectivity index (χ1n) is 12.2. The number of carbonyl (C=O) groups excluding carboxylic acids is 1. The van der Waals surface area contributed by atoms with Crippen LogP contribution in [0.3, 0.4) is 0 Å². The van der Waals surface area contributed by atoms with Crippen LogP contribution in [0.2, 0.25) is 0 Å². The fourth-order valence-electron chi connectivity index (χ4n) is 4.57. The minimum Gasteiger partial charge on any atom is -0.497 e. The number of hydrogen-bond acceptors (Lipinski definition) is 7. The summed E-state index contributed by atoms with van der Waals surface area (Å²) in [6, 6.07) is 14.1. The number of ether oxygens (including phenoxy) is 2. The van der Waals surface area contributed by atoms with Crippen molar-refractivity contribution in [3.8, 4) is 11.4 Å². The molecule has 2 aromatic heterocycles. The van der Waals surface area contributed by atoms with Crippen molar-refractivity contribution < 1.29 is 14.3 Å². The van der Waals surface area contributed by atoms with Gasteiger partial charge in [0.25, 0.3) is 0 Å². The largest absolute Gasteiger partial charge is 0.497 e.